The van der Waals surface area contributed by atoms with Gasteiger partial charge in [-0.15, -0.1) is 11.3 Å². The lowest BCUT2D eigenvalue weighted by Gasteiger charge is -2.18. The van der Waals surface area contributed by atoms with Crippen LogP contribution in [0.3, 0.4) is 0 Å². The third-order valence-electron chi connectivity index (χ3n) is 2.60. The first-order valence-corrected chi connectivity index (χ1v) is 7.22. The molecule has 0 radical (unpaired) electrons. The zero-order valence-electron chi connectivity index (χ0n) is 10.2. The topological polar surface area (TPSA) is 64.3 Å². The van der Waals surface area contributed by atoms with E-state index in [4.69, 9.17) is 10.5 Å². The molecule has 100 valence electrons. The summed E-state index contributed by atoms with van der Waals surface area (Å²) in [5, 5.41) is 5.02. The van der Waals surface area contributed by atoms with Gasteiger partial charge in [0.05, 0.1) is 17.7 Å². The molecule has 0 fully saturated rings. The molecular weight excluding hydrogens is 328 g/mol. The van der Waals surface area contributed by atoms with Gasteiger partial charge < -0.3 is 15.8 Å². The van der Waals surface area contributed by atoms with Crippen LogP contribution in [0.25, 0.3) is 0 Å². The maximum absolute atomic E-state index is 11.7. The highest BCUT2D eigenvalue weighted by Gasteiger charge is 2.22. The number of amides is 1. The van der Waals surface area contributed by atoms with Gasteiger partial charge in [0.15, 0.2) is 0 Å². The minimum Gasteiger partial charge on any atom is -0.495 e. The van der Waals surface area contributed by atoms with Crippen molar-refractivity contribution in [2.24, 2.45) is 5.73 Å². The van der Waals surface area contributed by atoms with Gasteiger partial charge in [0.2, 0.25) is 5.91 Å². The number of benzene rings is 1. The summed E-state index contributed by atoms with van der Waals surface area (Å²) in [6.45, 7) is 0. The number of para-hydroxylation sites is 2. The number of hydrogen-bond acceptors (Lipinski definition) is 4. The summed E-state index contributed by atoms with van der Waals surface area (Å²) in [7, 11) is 1.58. The molecule has 0 saturated carbocycles. The Kier molecular flexibility index (Phi) is 4.44. The summed E-state index contributed by atoms with van der Waals surface area (Å²) in [4.78, 5) is 12.5. The quantitative estimate of drug-likeness (QED) is 0.878. The van der Waals surface area contributed by atoms with E-state index in [-0.39, 0.29) is 0 Å². The Hall–Kier alpha value is -1.53. The number of anilines is 1. The first-order valence-electron chi connectivity index (χ1n) is 5.55. The summed E-state index contributed by atoms with van der Waals surface area (Å²) in [5.74, 6) is 0.232. The maximum Gasteiger partial charge on any atom is 0.245 e. The maximum atomic E-state index is 11.7. The van der Waals surface area contributed by atoms with Crippen molar-refractivity contribution in [2.75, 3.05) is 12.4 Å². The molecular formula is C13H13BrN2O2S. The number of nitrogens with two attached hydrogens (primary N) is 1. The van der Waals surface area contributed by atoms with Crippen molar-refractivity contribution in [1.29, 1.82) is 0 Å². The van der Waals surface area contributed by atoms with Crippen molar-refractivity contribution in [3.8, 4) is 5.75 Å². The van der Waals surface area contributed by atoms with Crippen molar-refractivity contribution >= 4 is 38.9 Å². The van der Waals surface area contributed by atoms with Gasteiger partial charge in [0, 0.05) is 4.47 Å². The molecule has 0 aliphatic rings. The monoisotopic (exact) mass is 340 g/mol. The molecule has 0 bridgehead atoms. The first kappa shape index (κ1) is 13.9. The molecule has 1 aromatic heterocycles. The van der Waals surface area contributed by atoms with Crippen molar-refractivity contribution in [3.63, 3.8) is 0 Å². The molecule has 1 atom stereocenters. The molecule has 4 nitrogen and oxygen atoms in total. The molecule has 6 heteroatoms. The molecule has 1 heterocycles. The van der Waals surface area contributed by atoms with Gasteiger partial charge in [-0.2, -0.15) is 0 Å². The lowest BCUT2D eigenvalue weighted by Crippen LogP contribution is -2.27. The lowest BCUT2D eigenvalue weighted by molar-refractivity contribution is -0.118. The van der Waals surface area contributed by atoms with Crippen LogP contribution in [0.4, 0.5) is 5.69 Å². The van der Waals surface area contributed by atoms with Crippen molar-refractivity contribution in [1.82, 2.24) is 0 Å². The van der Waals surface area contributed by atoms with Crippen LogP contribution in [0.15, 0.2) is 40.2 Å². The Morgan fingerprint density at radius 3 is 2.74 bits per heavy atom. The summed E-state index contributed by atoms with van der Waals surface area (Å²) in [6, 6.07) is 8.70. The summed E-state index contributed by atoms with van der Waals surface area (Å²) >= 11 is 4.88. The number of methoxy groups -OCH3 is 1. The van der Waals surface area contributed by atoms with E-state index in [2.05, 4.69) is 21.2 Å². The lowest BCUT2D eigenvalue weighted by atomic mass is 10.2. The van der Waals surface area contributed by atoms with Crippen LogP contribution in [0, 0.1) is 0 Å². The SMILES string of the molecule is COc1ccccc1NC(C(N)=O)c1sccc1Br. The number of primary amides is 1. The van der Waals surface area contributed by atoms with Gasteiger partial charge in [-0.05, 0) is 39.5 Å². The minimum absolute atomic E-state index is 0.436. The fourth-order valence-electron chi connectivity index (χ4n) is 1.70. The molecule has 1 unspecified atom stereocenters. The van der Waals surface area contributed by atoms with E-state index in [1.807, 2.05) is 35.7 Å². The zero-order valence-corrected chi connectivity index (χ0v) is 12.6. The Morgan fingerprint density at radius 2 is 2.16 bits per heavy atom. The second-order valence-electron chi connectivity index (χ2n) is 3.81. The second kappa shape index (κ2) is 6.08. The largest absolute Gasteiger partial charge is 0.495 e. The number of rotatable bonds is 5. The minimum atomic E-state index is -0.592. The molecule has 1 amide bonds. The molecule has 0 aliphatic carbocycles. The van der Waals surface area contributed by atoms with Crippen LogP contribution in [-0.2, 0) is 4.79 Å². The van der Waals surface area contributed by atoms with E-state index >= 15 is 0 Å². The number of nitrogens with one attached hydrogen (secondary N) is 1. The summed E-state index contributed by atoms with van der Waals surface area (Å²) in [6.07, 6.45) is 0. The first-order chi connectivity index (χ1) is 9.13. The van der Waals surface area contributed by atoms with Crippen molar-refractivity contribution in [2.45, 2.75) is 6.04 Å². The van der Waals surface area contributed by atoms with Gasteiger partial charge >= 0.3 is 0 Å². The number of ether oxygens (including phenoxy) is 1. The predicted molar refractivity (Wildman–Crippen MR) is 80.6 cm³/mol. The van der Waals surface area contributed by atoms with E-state index in [9.17, 15) is 4.79 Å². The van der Waals surface area contributed by atoms with Gasteiger partial charge in [-0.25, -0.2) is 0 Å². The number of carbonyl (C=O) groups is 1. The summed E-state index contributed by atoms with van der Waals surface area (Å²) < 4.78 is 6.12. The molecule has 0 saturated heterocycles. The molecule has 2 aromatic rings. The fourth-order valence-corrected chi connectivity index (χ4v) is 3.36. The molecule has 2 rings (SSSR count). The average molecular weight is 341 g/mol. The third-order valence-corrected chi connectivity index (χ3v) is 4.53. The Balaban J connectivity index is 2.32. The standard InChI is InChI=1S/C13H13BrN2O2S/c1-18-10-5-3-2-4-9(10)16-11(13(15)17)12-8(14)6-7-19-12/h2-7,11,16H,1H3,(H2,15,17). The van der Waals surface area contributed by atoms with E-state index < -0.39 is 11.9 Å². The zero-order chi connectivity index (χ0) is 13.8. The predicted octanol–water partition coefficient (Wildman–Crippen LogP) is 3.16. The van der Waals surface area contributed by atoms with Crippen LogP contribution in [0.2, 0.25) is 0 Å². The van der Waals surface area contributed by atoms with Gasteiger partial charge in [-0.1, -0.05) is 12.1 Å². The van der Waals surface area contributed by atoms with Crippen LogP contribution in [0.1, 0.15) is 10.9 Å². The average Bonchev–Trinajstić information content (AvgIpc) is 2.82. The highest BCUT2D eigenvalue weighted by atomic mass is 79.9. The molecule has 0 aliphatic heterocycles. The highest BCUT2D eigenvalue weighted by Crippen LogP contribution is 2.33. The van der Waals surface area contributed by atoms with Gasteiger partial charge in [-0.3, -0.25) is 4.79 Å². The van der Waals surface area contributed by atoms with Crippen molar-refractivity contribution in [3.05, 3.63) is 45.1 Å². The third kappa shape index (κ3) is 3.08. The van der Waals surface area contributed by atoms with Crippen LogP contribution >= 0.6 is 27.3 Å². The van der Waals surface area contributed by atoms with Crippen molar-refractivity contribution < 1.29 is 9.53 Å². The molecule has 3 N–H and O–H groups in total. The van der Waals surface area contributed by atoms with E-state index in [1.165, 1.54) is 11.3 Å². The summed E-state index contributed by atoms with van der Waals surface area (Å²) in [5.41, 5.74) is 6.21. The fraction of sp³-hybridized carbons (Fsp3) is 0.154. The number of thiophene rings is 1. The highest BCUT2D eigenvalue weighted by molar-refractivity contribution is 9.10. The van der Waals surface area contributed by atoms with E-state index in [1.54, 1.807) is 7.11 Å². The molecule has 0 spiro atoms. The number of carbonyl (C=O) groups excluding carboxylic acids is 1. The normalized spacial score (nSPS) is 11.9. The molecule has 19 heavy (non-hydrogen) atoms. The van der Waals surface area contributed by atoms with Crippen LogP contribution in [0.5, 0.6) is 5.75 Å². The number of halogens is 1. The Morgan fingerprint density at radius 1 is 1.42 bits per heavy atom. The van der Waals surface area contributed by atoms with Gasteiger partial charge in [0.1, 0.15) is 11.8 Å². The van der Waals surface area contributed by atoms with E-state index in [0.29, 0.717) is 5.75 Å². The van der Waals surface area contributed by atoms with Crippen LogP contribution in [-0.4, -0.2) is 13.0 Å². The molecule has 1 aromatic carbocycles. The second-order valence-corrected chi connectivity index (χ2v) is 5.61. The van der Waals surface area contributed by atoms with E-state index in [0.717, 1.165) is 15.0 Å². The smallest absolute Gasteiger partial charge is 0.245 e. The van der Waals surface area contributed by atoms with Gasteiger partial charge in [0.25, 0.3) is 0 Å². The number of hydrogen-bond donors (Lipinski definition) is 2. The Bertz CT molecular complexity index is 586. The van der Waals surface area contributed by atoms with Crippen LogP contribution < -0.4 is 15.8 Å². The Labute approximate surface area is 123 Å².